The quantitative estimate of drug-likeness (QED) is 0.390. The van der Waals surface area contributed by atoms with Crippen molar-refractivity contribution < 1.29 is 19.1 Å². The van der Waals surface area contributed by atoms with Crippen molar-refractivity contribution in [3.8, 4) is 11.1 Å². The third kappa shape index (κ3) is 4.69. The van der Waals surface area contributed by atoms with E-state index in [0.29, 0.717) is 17.7 Å². The van der Waals surface area contributed by atoms with Crippen LogP contribution in [0.5, 0.6) is 0 Å². The summed E-state index contributed by atoms with van der Waals surface area (Å²) in [6.07, 6.45) is 0. The summed E-state index contributed by atoms with van der Waals surface area (Å²) in [6.45, 7) is 6.16. The third-order valence-corrected chi connectivity index (χ3v) is 5.20. The summed E-state index contributed by atoms with van der Waals surface area (Å²) in [5.41, 5.74) is 4.91. The summed E-state index contributed by atoms with van der Waals surface area (Å²) in [5.74, 6) is -0.724. The number of esters is 1. The van der Waals surface area contributed by atoms with E-state index < -0.39 is 5.97 Å². The minimum atomic E-state index is -0.510. The molecule has 1 atom stereocenters. The van der Waals surface area contributed by atoms with Crippen LogP contribution in [0.15, 0.2) is 60.7 Å². The molecule has 5 nitrogen and oxygen atoms in total. The second kappa shape index (κ2) is 9.55. The summed E-state index contributed by atoms with van der Waals surface area (Å²) in [7, 11) is 1.66. The fourth-order valence-corrected chi connectivity index (χ4v) is 3.77. The number of aromatic nitrogens is 1. The molecular weight excluding hydrogens is 378 g/mol. The average molecular weight is 405 g/mol. The van der Waals surface area contributed by atoms with Gasteiger partial charge in [-0.15, -0.1) is 0 Å². The van der Waals surface area contributed by atoms with Crippen molar-refractivity contribution >= 4 is 11.8 Å². The van der Waals surface area contributed by atoms with Crippen LogP contribution >= 0.6 is 0 Å². The first-order valence-electron chi connectivity index (χ1n) is 9.95. The zero-order valence-corrected chi connectivity index (χ0v) is 17.8. The monoisotopic (exact) mass is 405 g/mol. The molecule has 0 saturated carbocycles. The van der Waals surface area contributed by atoms with E-state index in [9.17, 15) is 9.59 Å². The van der Waals surface area contributed by atoms with Gasteiger partial charge in [-0.25, -0.2) is 4.79 Å². The summed E-state index contributed by atoms with van der Waals surface area (Å²) in [4.78, 5) is 25.0. The lowest BCUT2D eigenvalue weighted by Gasteiger charge is -2.17. The first kappa shape index (κ1) is 21.5. The van der Waals surface area contributed by atoms with Crippen molar-refractivity contribution in [3.63, 3.8) is 0 Å². The maximum absolute atomic E-state index is 12.7. The number of rotatable bonds is 8. The molecule has 0 aliphatic rings. The first-order valence-corrected chi connectivity index (χ1v) is 9.95. The maximum atomic E-state index is 12.7. The van der Waals surface area contributed by atoms with Gasteiger partial charge in [0.25, 0.3) is 0 Å². The molecule has 1 aromatic heterocycles. The van der Waals surface area contributed by atoms with E-state index in [1.165, 1.54) is 0 Å². The summed E-state index contributed by atoms with van der Waals surface area (Å²) >= 11 is 0. The van der Waals surface area contributed by atoms with Crippen molar-refractivity contribution in [3.05, 3.63) is 83.2 Å². The van der Waals surface area contributed by atoms with Crippen molar-refractivity contribution in [2.24, 2.45) is 0 Å². The number of benzene rings is 2. The highest BCUT2D eigenvalue weighted by atomic mass is 16.5. The largest absolute Gasteiger partial charge is 0.454 e. The van der Waals surface area contributed by atoms with Gasteiger partial charge in [0.2, 0.25) is 5.78 Å². The van der Waals surface area contributed by atoms with Crippen LogP contribution in [-0.2, 0) is 9.47 Å². The fraction of sp³-hybridized carbons (Fsp3) is 0.280. The number of ketones is 1. The number of Topliss-reactive ketones (excluding diaryl/α,β-unsaturated/α-hetero) is 1. The molecule has 3 rings (SSSR count). The van der Waals surface area contributed by atoms with Crippen LogP contribution in [0.4, 0.5) is 0 Å². The van der Waals surface area contributed by atoms with Crippen LogP contribution in [0.25, 0.3) is 11.1 Å². The summed E-state index contributed by atoms with van der Waals surface area (Å²) in [5, 5.41) is 0. The van der Waals surface area contributed by atoms with Crippen LogP contribution in [0, 0.1) is 13.8 Å². The van der Waals surface area contributed by atoms with Crippen LogP contribution < -0.4 is 0 Å². The predicted octanol–water partition coefficient (Wildman–Crippen LogP) is 5.02. The Hall–Kier alpha value is -3.18. The molecule has 1 heterocycles. The minimum Gasteiger partial charge on any atom is -0.454 e. The minimum absolute atomic E-state index is 0.113. The van der Waals surface area contributed by atoms with Gasteiger partial charge in [-0.3, -0.25) is 4.79 Å². The maximum Gasteiger partial charge on any atom is 0.338 e. The second-order valence-corrected chi connectivity index (χ2v) is 7.40. The van der Waals surface area contributed by atoms with Crippen molar-refractivity contribution in [2.45, 2.75) is 26.8 Å². The Morgan fingerprint density at radius 1 is 0.967 bits per heavy atom. The zero-order chi connectivity index (χ0) is 21.7. The molecule has 3 aromatic rings. The Morgan fingerprint density at radius 3 is 2.23 bits per heavy atom. The van der Waals surface area contributed by atoms with E-state index in [1.807, 2.05) is 69.3 Å². The van der Waals surface area contributed by atoms with Crippen molar-refractivity contribution in [2.75, 3.05) is 20.3 Å². The molecule has 0 N–H and O–H groups in total. The molecule has 0 saturated heterocycles. The number of methoxy groups -OCH3 is 1. The average Bonchev–Trinajstić information content (AvgIpc) is 3.06. The topological polar surface area (TPSA) is 57.5 Å². The normalized spacial score (nSPS) is 11.9. The predicted molar refractivity (Wildman–Crippen MR) is 117 cm³/mol. The number of nitrogens with zero attached hydrogens (tertiary/aromatic N) is 1. The van der Waals surface area contributed by atoms with E-state index >= 15 is 0 Å². The van der Waals surface area contributed by atoms with E-state index in [0.717, 1.165) is 22.5 Å². The second-order valence-electron chi connectivity index (χ2n) is 7.40. The molecule has 0 amide bonds. The first-order chi connectivity index (χ1) is 14.4. The van der Waals surface area contributed by atoms with Gasteiger partial charge in [-0.2, -0.15) is 0 Å². The van der Waals surface area contributed by atoms with Crippen molar-refractivity contribution in [1.29, 1.82) is 0 Å². The standard InChI is InChI=1S/C25H27NO4/c1-17-14-23(19(3)26(17)18(2)15-29-4)24(27)16-30-25(28)22-12-10-21(11-13-22)20-8-6-5-7-9-20/h5-14,18H,15-16H2,1-4H3/t18-/m1/s1. The van der Waals surface area contributed by atoms with Crippen LogP contribution in [0.2, 0.25) is 0 Å². The lowest BCUT2D eigenvalue weighted by atomic mass is 10.0. The SMILES string of the molecule is COC[C@@H](C)n1c(C)cc(C(=O)COC(=O)c2ccc(-c3ccccc3)cc2)c1C. The Kier molecular flexibility index (Phi) is 6.85. The van der Waals surface area contributed by atoms with E-state index in [1.54, 1.807) is 19.2 Å². The van der Waals surface area contributed by atoms with E-state index in [2.05, 4.69) is 4.57 Å². The molecule has 0 fully saturated rings. The highest BCUT2D eigenvalue weighted by Gasteiger charge is 2.20. The molecule has 30 heavy (non-hydrogen) atoms. The Labute approximate surface area is 177 Å². The number of hydrogen-bond donors (Lipinski definition) is 0. The smallest absolute Gasteiger partial charge is 0.338 e. The van der Waals surface area contributed by atoms with Gasteiger partial charge in [-0.05, 0) is 50.1 Å². The Bertz CT molecular complexity index is 1020. The highest BCUT2D eigenvalue weighted by Crippen LogP contribution is 2.22. The molecule has 0 unspecified atom stereocenters. The molecule has 2 aromatic carbocycles. The molecule has 5 heteroatoms. The van der Waals surface area contributed by atoms with Gasteiger partial charge in [0.1, 0.15) is 0 Å². The molecule has 0 radical (unpaired) electrons. The van der Waals surface area contributed by atoms with E-state index in [4.69, 9.17) is 9.47 Å². The van der Waals surface area contributed by atoms with Crippen LogP contribution in [0.1, 0.15) is 45.1 Å². The number of carbonyl (C=O) groups is 2. The number of hydrogen-bond acceptors (Lipinski definition) is 4. The van der Waals surface area contributed by atoms with Gasteiger partial charge in [-0.1, -0.05) is 42.5 Å². The van der Waals surface area contributed by atoms with Gasteiger partial charge >= 0.3 is 5.97 Å². The lowest BCUT2D eigenvalue weighted by molar-refractivity contribution is 0.0474. The Balaban J connectivity index is 1.65. The lowest BCUT2D eigenvalue weighted by Crippen LogP contribution is -2.17. The number of carbonyl (C=O) groups excluding carboxylic acids is 2. The molecule has 0 spiro atoms. The number of aryl methyl sites for hydroxylation is 1. The van der Waals surface area contributed by atoms with Crippen LogP contribution in [-0.4, -0.2) is 36.6 Å². The third-order valence-electron chi connectivity index (χ3n) is 5.20. The summed E-state index contributed by atoms with van der Waals surface area (Å²) < 4.78 is 12.6. The van der Waals surface area contributed by atoms with Gasteiger partial charge in [0.15, 0.2) is 6.61 Å². The number of ether oxygens (including phenoxy) is 2. The highest BCUT2D eigenvalue weighted by molar-refractivity contribution is 6.00. The van der Waals surface area contributed by atoms with Gasteiger partial charge in [0.05, 0.1) is 18.2 Å². The van der Waals surface area contributed by atoms with Gasteiger partial charge in [0, 0.05) is 24.1 Å². The molecule has 0 bridgehead atoms. The summed E-state index contributed by atoms with van der Waals surface area (Å²) in [6, 6.07) is 19.0. The van der Waals surface area contributed by atoms with Gasteiger partial charge < -0.3 is 14.0 Å². The van der Waals surface area contributed by atoms with Crippen LogP contribution in [0.3, 0.4) is 0 Å². The molecule has 156 valence electrons. The Morgan fingerprint density at radius 2 is 1.60 bits per heavy atom. The van der Waals surface area contributed by atoms with Crippen molar-refractivity contribution in [1.82, 2.24) is 4.57 Å². The van der Waals surface area contributed by atoms with E-state index in [-0.39, 0.29) is 18.4 Å². The molecule has 0 aliphatic carbocycles. The zero-order valence-electron chi connectivity index (χ0n) is 17.8. The molecular formula is C25H27NO4. The molecule has 0 aliphatic heterocycles. The fourth-order valence-electron chi connectivity index (χ4n) is 3.77.